The van der Waals surface area contributed by atoms with Gasteiger partial charge in [-0.05, 0) is 36.4 Å². The van der Waals surface area contributed by atoms with Crippen LogP contribution in [0.15, 0.2) is 72.1 Å². The molecule has 2 heterocycles. The Labute approximate surface area is 177 Å². The zero-order valence-electron chi connectivity index (χ0n) is 16.1. The fourth-order valence-electron chi connectivity index (χ4n) is 3.37. The maximum Gasteiger partial charge on any atom is 0.257 e. The minimum atomic E-state index is -0.256. The van der Waals surface area contributed by atoms with E-state index in [1.54, 1.807) is 6.07 Å². The number of thiophene rings is 1. The number of carbonyl (C=O) groups excluding carboxylic acids is 2. The molecule has 1 saturated carbocycles. The standard InChI is InChI=1S/C24H19N3O2S/c28-22(25-16-10-11-16)18-12-13-30-24(18)27-23(29)19-14-21(15-6-2-1-3-7-15)26-20-9-5-4-8-17(19)20/h1-9,12-14,16H,10-11H2,(H,25,28)(H,27,29). The molecule has 1 aliphatic rings. The van der Waals surface area contributed by atoms with Gasteiger partial charge in [-0.1, -0.05) is 48.5 Å². The summed E-state index contributed by atoms with van der Waals surface area (Å²) in [6, 6.07) is 21.2. The molecular formula is C24H19N3O2S. The second-order valence-electron chi connectivity index (χ2n) is 7.30. The van der Waals surface area contributed by atoms with Crippen LogP contribution in [0.4, 0.5) is 5.00 Å². The van der Waals surface area contributed by atoms with Crippen molar-refractivity contribution in [2.24, 2.45) is 0 Å². The number of pyridine rings is 1. The fraction of sp³-hybridized carbons (Fsp3) is 0.125. The van der Waals surface area contributed by atoms with Gasteiger partial charge in [0.15, 0.2) is 0 Å². The van der Waals surface area contributed by atoms with E-state index in [2.05, 4.69) is 10.6 Å². The molecule has 2 N–H and O–H groups in total. The monoisotopic (exact) mass is 413 g/mol. The van der Waals surface area contributed by atoms with Gasteiger partial charge in [0, 0.05) is 17.0 Å². The highest BCUT2D eigenvalue weighted by Crippen LogP contribution is 2.29. The van der Waals surface area contributed by atoms with Crippen molar-refractivity contribution in [1.82, 2.24) is 10.3 Å². The first-order valence-corrected chi connectivity index (χ1v) is 10.7. The van der Waals surface area contributed by atoms with Gasteiger partial charge in [0.1, 0.15) is 5.00 Å². The lowest BCUT2D eigenvalue weighted by Crippen LogP contribution is -2.26. The van der Waals surface area contributed by atoms with Gasteiger partial charge < -0.3 is 10.6 Å². The zero-order chi connectivity index (χ0) is 20.5. The van der Waals surface area contributed by atoms with Crippen LogP contribution in [0.1, 0.15) is 33.6 Å². The highest BCUT2D eigenvalue weighted by atomic mass is 32.1. The van der Waals surface area contributed by atoms with Crippen molar-refractivity contribution in [2.75, 3.05) is 5.32 Å². The van der Waals surface area contributed by atoms with Crippen LogP contribution >= 0.6 is 11.3 Å². The molecule has 5 rings (SSSR count). The van der Waals surface area contributed by atoms with Crippen molar-refractivity contribution in [2.45, 2.75) is 18.9 Å². The van der Waals surface area contributed by atoms with Gasteiger partial charge >= 0.3 is 0 Å². The van der Waals surface area contributed by atoms with Gasteiger partial charge in [-0.15, -0.1) is 11.3 Å². The summed E-state index contributed by atoms with van der Waals surface area (Å²) in [6.45, 7) is 0. The van der Waals surface area contributed by atoms with E-state index >= 15 is 0 Å². The van der Waals surface area contributed by atoms with E-state index in [1.807, 2.05) is 66.0 Å². The molecule has 4 aromatic rings. The number of aromatic nitrogens is 1. The molecular weight excluding hydrogens is 394 g/mol. The Morgan fingerprint density at radius 1 is 0.900 bits per heavy atom. The SMILES string of the molecule is O=C(NC1CC1)c1ccsc1NC(=O)c1cc(-c2ccccc2)nc2ccccc12. The lowest BCUT2D eigenvalue weighted by molar-refractivity contribution is 0.0952. The van der Waals surface area contributed by atoms with E-state index in [4.69, 9.17) is 4.98 Å². The van der Waals surface area contributed by atoms with E-state index in [9.17, 15) is 9.59 Å². The van der Waals surface area contributed by atoms with E-state index in [-0.39, 0.29) is 17.9 Å². The Kier molecular flexibility index (Phi) is 4.77. The van der Waals surface area contributed by atoms with Crippen LogP contribution < -0.4 is 10.6 Å². The van der Waals surface area contributed by atoms with Crippen LogP contribution in [0.25, 0.3) is 22.2 Å². The maximum absolute atomic E-state index is 13.3. The number of nitrogens with zero attached hydrogens (tertiary/aromatic N) is 1. The molecule has 1 fully saturated rings. The predicted molar refractivity (Wildman–Crippen MR) is 120 cm³/mol. The van der Waals surface area contributed by atoms with Crippen molar-refractivity contribution in [1.29, 1.82) is 0 Å². The zero-order valence-corrected chi connectivity index (χ0v) is 16.9. The molecule has 148 valence electrons. The molecule has 0 unspecified atom stereocenters. The largest absolute Gasteiger partial charge is 0.349 e. The molecule has 0 saturated heterocycles. The second kappa shape index (κ2) is 7.72. The molecule has 0 bridgehead atoms. The first-order chi connectivity index (χ1) is 14.7. The molecule has 0 spiro atoms. The van der Waals surface area contributed by atoms with Gasteiger partial charge in [0.2, 0.25) is 0 Å². The number of rotatable bonds is 5. The van der Waals surface area contributed by atoms with E-state index < -0.39 is 0 Å². The van der Waals surface area contributed by atoms with Crippen LogP contribution in [-0.4, -0.2) is 22.8 Å². The number of hydrogen-bond acceptors (Lipinski definition) is 4. The Morgan fingerprint density at radius 3 is 2.47 bits per heavy atom. The van der Waals surface area contributed by atoms with Crippen LogP contribution in [0.5, 0.6) is 0 Å². The fourth-order valence-corrected chi connectivity index (χ4v) is 4.15. The summed E-state index contributed by atoms with van der Waals surface area (Å²) < 4.78 is 0. The topological polar surface area (TPSA) is 71.1 Å². The normalized spacial score (nSPS) is 13.2. The third-order valence-electron chi connectivity index (χ3n) is 5.08. The Hall–Kier alpha value is -3.51. The Morgan fingerprint density at radius 2 is 1.67 bits per heavy atom. The first-order valence-electron chi connectivity index (χ1n) is 9.84. The van der Waals surface area contributed by atoms with Gasteiger partial charge in [-0.25, -0.2) is 4.98 Å². The highest BCUT2D eigenvalue weighted by molar-refractivity contribution is 7.14. The van der Waals surface area contributed by atoms with Crippen molar-refractivity contribution in [3.8, 4) is 11.3 Å². The minimum Gasteiger partial charge on any atom is -0.349 e. The molecule has 6 heteroatoms. The minimum absolute atomic E-state index is 0.140. The lowest BCUT2D eigenvalue weighted by Gasteiger charge is -2.11. The number of benzene rings is 2. The van der Waals surface area contributed by atoms with Crippen molar-refractivity contribution >= 4 is 39.1 Å². The third-order valence-corrected chi connectivity index (χ3v) is 5.91. The van der Waals surface area contributed by atoms with Gasteiger partial charge in [0.25, 0.3) is 11.8 Å². The molecule has 2 aromatic carbocycles. The molecule has 2 aromatic heterocycles. The highest BCUT2D eigenvalue weighted by Gasteiger charge is 2.26. The number of nitrogens with one attached hydrogen (secondary N) is 2. The first kappa shape index (κ1) is 18.5. The summed E-state index contributed by atoms with van der Waals surface area (Å²) in [5, 5.41) is 9.07. The Bertz CT molecular complexity index is 1250. The summed E-state index contributed by atoms with van der Waals surface area (Å²) in [7, 11) is 0. The summed E-state index contributed by atoms with van der Waals surface area (Å²) in [6.07, 6.45) is 2.03. The number of anilines is 1. The average Bonchev–Trinajstić information content (AvgIpc) is 3.47. The van der Waals surface area contributed by atoms with E-state index in [1.165, 1.54) is 11.3 Å². The van der Waals surface area contributed by atoms with Crippen molar-refractivity contribution in [3.63, 3.8) is 0 Å². The summed E-state index contributed by atoms with van der Waals surface area (Å²) in [4.78, 5) is 30.5. The van der Waals surface area contributed by atoms with Gasteiger partial charge in [-0.3, -0.25) is 9.59 Å². The third kappa shape index (κ3) is 3.69. The smallest absolute Gasteiger partial charge is 0.257 e. The summed E-state index contributed by atoms with van der Waals surface area (Å²) in [5.41, 5.74) is 3.46. The summed E-state index contributed by atoms with van der Waals surface area (Å²) in [5.74, 6) is -0.396. The summed E-state index contributed by atoms with van der Waals surface area (Å²) >= 11 is 1.35. The molecule has 30 heavy (non-hydrogen) atoms. The Balaban J connectivity index is 1.51. The van der Waals surface area contributed by atoms with Gasteiger partial charge in [-0.2, -0.15) is 0 Å². The lowest BCUT2D eigenvalue weighted by atomic mass is 10.0. The van der Waals surface area contributed by atoms with E-state index in [0.717, 1.165) is 35.0 Å². The van der Waals surface area contributed by atoms with Gasteiger partial charge in [0.05, 0.1) is 22.3 Å². The maximum atomic E-state index is 13.3. The van der Waals surface area contributed by atoms with Crippen molar-refractivity contribution < 1.29 is 9.59 Å². The molecule has 0 aliphatic heterocycles. The number of carbonyl (C=O) groups is 2. The quantitative estimate of drug-likeness (QED) is 0.478. The number of para-hydroxylation sites is 1. The molecule has 1 aliphatic carbocycles. The predicted octanol–water partition coefficient (Wildman–Crippen LogP) is 5.11. The number of fused-ring (bicyclic) bond motifs is 1. The second-order valence-corrected chi connectivity index (χ2v) is 8.22. The molecule has 2 amide bonds. The molecule has 0 radical (unpaired) electrons. The number of amides is 2. The van der Waals surface area contributed by atoms with Crippen molar-refractivity contribution in [3.05, 3.63) is 83.2 Å². The van der Waals surface area contributed by atoms with Crippen LogP contribution in [0.2, 0.25) is 0 Å². The molecule has 5 nitrogen and oxygen atoms in total. The molecule has 0 atom stereocenters. The average molecular weight is 414 g/mol. The van der Waals surface area contributed by atoms with Crippen LogP contribution in [0, 0.1) is 0 Å². The number of hydrogen-bond donors (Lipinski definition) is 2. The van der Waals surface area contributed by atoms with Crippen LogP contribution in [0.3, 0.4) is 0 Å². The van der Waals surface area contributed by atoms with Crippen LogP contribution in [-0.2, 0) is 0 Å². The van der Waals surface area contributed by atoms with E-state index in [0.29, 0.717) is 16.1 Å².